The molecular formula is C22H23NO4. The summed E-state index contributed by atoms with van der Waals surface area (Å²) in [4.78, 5) is 27.7. The van der Waals surface area contributed by atoms with Gasteiger partial charge in [-0.3, -0.25) is 4.79 Å². The van der Waals surface area contributed by atoms with Crippen LogP contribution in [0.4, 0.5) is 0 Å². The van der Waals surface area contributed by atoms with Crippen LogP contribution in [0.2, 0.25) is 0 Å². The highest BCUT2D eigenvalue weighted by Crippen LogP contribution is 2.28. The first-order valence-electron chi connectivity index (χ1n) is 9.16. The summed E-state index contributed by atoms with van der Waals surface area (Å²) < 4.78 is 11.1. The molecule has 3 rings (SSSR count). The summed E-state index contributed by atoms with van der Waals surface area (Å²) in [6, 6.07) is 14.8. The first-order chi connectivity index (χ1) is 13.1. The third-order valence-electron chi connectivity index (χ3n) is 4.30. The Bertz CT molecular complexity index is 992. The van der Waals surface area contributed by atoms with Crippen molar-refractivity contribution in [3.8, 4) is 5.75 Å². The molecule has 5 heteroatoms. The molecule has 3 aromatic rings. The Labute approximate surface area is 157 Å². The van der Waals surface area contributed by atoms with Gasteiger partial charge in [0.25, 0.3) is 0 Å². The molecule has 140 valence electrons. The van der Waals surface area contributed by atoms with Gasteiger partial charge < -0.3 is 14.5 Å². The number of H-pyrrole nitrogens is 1. The minimum absolute atomic E-state index is 0.159. The average molecular weight is 365 g/mol. The number of nitrogens with one attached hydrogen (secondary N) is 1. The molecule has 1 heterocycles. The molecule has 0 spiro atoms. The van der Waals surface area contributed by atoms with E-state index in [4.69, 9.17) is 9.47 Å². The Kier molecular flexibility index (Phi) is 5.91. The molecule has 0 aliphatic carbocycles. The second-order valence-electron chi connectivity index (χ2n) is 6.26. The maximum absolute atomic E-state index is 12.5. The van der Waals surface area contributed by atoms with Crippen LogP contribution in [0.15, 0.2) is 53.3 Å². The average Bonchev–Trinajstić information content (AvgIpc) is 2.68. The number of carbonyl (C=O) groups is 1. The summed E-state index contributed by atoms with van der Waals surface area (Å²) in [6.07, 6.45) is 1.61. The summed E-state index contributed by atoms with van der Waals surface area (Å²) in [5, 5.41) is 0.540. The van der Waals surface area contributed by atoms with Crippen molar-refractivity contribution in [3.63, 3.8) is 0 Å². The summed E-state index contributed by atoms with van der Waals surface area (Å²) in [5.41, 5.74) is 2.55. The van der Waals surface area contributed by atoms with Crippen molar-refractivity contribution in [3.05, 3.63) is 75.6 Å². The lowest BCUT2D eigenvalue weighted by Gasteiger charge is -2.14. The molecule has 1 aromatic heterocycles. The first-order valence-corrected chi connectivity index (χ1v) is 9.16. The second kappa shape index (κ2) is 8.54. The minimum atomic E-state index is -0.533. The fourth-order valence-electron chi connectivity index (χ4n) is 3.04. The van der Waals surface area contributed by atoms with Crippen molar-refractivity contribution in [1.82, 2.24) is 4.98 Å². The molecule has 0 unspecified atom stereocenters. The molecule has 0 bridgehead atoms. The van der Waals surface area contributed by atoms with Crippen LogP contribution in [0.3, 0.4) is 0 Å². The molecule has 0 atom stereocenters. The van der Waals surface area contributed by atoms with Gasteiger partial charge in [0.15, 0.2) is 5.43 Å². The monoisotopic (exact) mass is 365 g/mol. The van der Waals surface area contributed by atoms with Crippen LogP contribution in [0, 0.1) is 0 Å². The van der Waals surface area contributed by atoms with E-state index in [9.17, 15) is 9.59 Å². The van der Waals surface area contributed by atoms with E-state index in [2.05, 4.69) is 11.9 Å². The Morgan fingerprint density at radius 1 is 1.07 bits per heavy atom. The lowest BCUT2D eigenvalue weighted by Crippen LogP contribution is -2.14. The summed E-state index contributed by atoms with van der Waals surface area (Å²) in [7, 11) is 0. The third-order valence-corrected chi connectivity index (χ3v) is 4.30. The summed E-state index contributed by atoms with van der Waals surface area (Å²) >= 11 is 0. The zero-order valence-electron chi connectivity index (χ0n) is 15.6. The maximum Gasteiger partial charge on any atom is 0.354 e. The topological polar surface area (TPSA) is 68.4 Å². The first kappa shape index (κ1) is 18.7. The maximum atomic E-state index is 12.5. The highest BCUT2D eigenvalue weighted by Gasteiger charge is 2.15. The van der Waals surface area contributed by atoms with Gasteiger partial charge in [-0.1, -0.05) is 43.7 Å². The number of hydrogen-bond donors (Lipinski definition) is 1. The van der Waals surface area contributed by atoms with E-state index < -0.39 is 5.97 Å². The predicted octanol–water partition coefficient (Wildman–Crippen LogP) is 4.24. The molecule has 0 aliphatic rings. The van der Waals surface area contributed by atoms with Gasteiger partial charge in [-0.2, -0.15) is 0 Å². The lowest BCUT2D eigenvalue weighted by molar-refractivity contribution is 0.0520. The van der Waals surface area contributed by atoms with Crippen molar-refractivity contribution >= 4 is 16.9 Å². The third kappa shape index (κ3) is 4.19. The number of aryl methyl sites for hydroxylation is 1. The Balaban J connectivity index is 2.04. The molecule has 2 aromatic carbocycles. The molecule has 27 heavy (non-hydrogen) atoms. The zero-order valence-corrected chi connectivity index (χ0v) is 15.6. The van der Waals surface area contributed by atoms with Crippen molar-refractivity contribution in [2.24, 2.45) is 0 Å². The smallest absolute Gasteiger partial charge is 0.354 e. The fourth-order valence-corrected chi connectivity index (χ4v) is 3.04. The van der Waals surface area contributed by atoms with Crippen molar-refractivity contribution < 1.29 is 14.3 Å². The molecule has 0 amide bonds. The van der Waals surface area contributed by atoms with E-state index >= 15 is 0 Å². The van der Waals surface area contributed by atoms with Gasteiger partial charge in [-0.05, 0) is 31.0 Å². The van der Waals surface area contributed by atoms with Crippen LogP contribution in [0.25, 0.3) is 10.9 Å². The molecule has 0 fully saturated rings. The molecule has 5 nitrogen and oxygen atoms in total. The van der Waals surface area contributed by atoms with E-state index in [1.165, 1.54) is 6.07 Å². The fraction of sp³-hybridized carbons (Fsp3) is 0.273. The Morgan fingerprint density at radius 3 is 2.56 bits per heavy atom. The van der Waals surface area contributed by atoms with Gasteiger partial charge in [0.1, 0.15) is 18.1 Å². The van der Waals surface area contributed by atoms with Gasteiger partial charge in [0.05, 0.1) is 12.1 Å². The number of pyridine rings is 1. The zero-order chi connectivity index (χ0) is 19.2. The highest BCUT2D eigenvalue weighted by atomic mass is 16.5. The van der Waals surface area contributed by atoms with E-state index in [0.29, 0.717) is 23.3 Å². The standard InChI is InChI=1S/C22H23NO4/c1-3-8-17-20(27-14-15-9-6-5-7-10-15)12-11-16-19(24)13-18(23-21(16)17)22(25)26-4-2/h5-7,9-13H,3-4,8,14H2,1-2H3,(H,23,24). The number of carbonyl (C=O) groups excluding carboxylic acids is 1. The number of benzene rings is 2. The van der Waals surface area contributed by atoms with Crippen molar-refractivity contribution in [2.45, 2.75) is 33.3 Å². The molecule has 0 saturated heterocycles. The van der Waals surface area contributed by atoms with Crippen LogP contribution in [0.1, 0.15) is 41.9 Å². The van der Waals surface area contributed by atoms with Gasteiger partial charge in [0, 0.05) is 17.0 Å². The quantitative estimate of drug-likeness (QED) is 0.636. The van der Waals surface area contributed by atoms with E-state index in [0.717, 1.165) is 24.0 Å². The molecule has 0 radical (unpaired) electrons. The van der Waals surface area contributed by atoms with Crippen LogP contribution in [-0.4, -0.2) is 17.6 Å². The Morgan fingerprint density at radius 2 is 1.85 bits per heavy atom. The van der Waals surface area contributed by atoms with E-state index in [1.807, 2.05) is 36.4 Å². The molecule has 0 saturated carbocycles. The van der Waals surface area contributed by atoms with Crippen molar-refractivity contribution in [1.29, 1.82) is 0 Å². The molecule has 0 aliphatic heterocycles. The number of aromatic nitrogens is 1. The summed E-state index contributed by atoms with van der Waals surface area (Å²) in [6.45, 7) is 4.48. The van der Waals surface area contributed by atoms with Crippen molar-refractivity contribution in [2.75, 3.05) is 6.61 Å². The summed E-state index contributed by atoms with van der Waals surface area (Å²) in [5.74, 6) is 0.180. The van der Waals surface area contributed by atoms with E-state index in [1.54, 1.807) is 13.0 Å². The minimum Gasteiger partial charge on any atom is -0.489 e. The molecular weight excluding hydrogens is 342 g/mol. The number of aromatic amines is 1. The van der Waals surface area contributed by atoms with Gasteiger partial charge >= 0.3 is 5.97 Å². The van der Waals surface area contributed by atoms with Crippen LogP contribution < -0.4 is 10.2 Å². The second-order valence-corrected chi connectivity index (χ2v) is 6.26. The largest absolute Gasteiger partial charge is 0.489 e. The van der Waals surface area contributed by atoms with Gasteiger partial charge in [0.2, 0.25) is 0 Å². The highest BCUT2D eigenvalue weighted by molar-refractivity contribution is 5.92. The van der Waals surface area contributed by atoms with Gasteiger partial charge in [-0.25, -0.2) is 4.79 Å². The number of fused-ring (bicyclic) bond motifs is 1. The number of hydrogen-bond acceptors (Lipinski definition) is 4. The van der Waals surface area contributed by atoms with Crippen LogP contribution in [-0.2, 0) is 17.8 Å². The van der Waals surface area contributed by atoms with Crippen LogP contribution >= 0.6 is 0 Å². The SMILES string of the molecule is CCCc1c(OCc2ccccc2)ccc2c(=O)cc(C(=O)OCC)[nH]c12. The van der Waals surface area contributed by atoms with Gasteiger partial charge in [-0.15, -0.1) is 0 Å². The number of ether oxygens (including phenoxy) is 2. The Hall–Kier alpha value is -3.08. The number of rotatable bonds is 7. The molecule has 1 N–H and O–H groups in total. The number of esters is 1. The van der Waals surface area contributed by atoms with Crippen LogP contribution in [0.5, 0.6) is 5.75 Å². The van der Waals surface area contributed by atoms with E-state index in [-0.39, 0.29) is 17.7 Å². The normalized spacial score (nSPS) is 10.7. The predicted molar refractivity (Wildman–Crippen MR) is 105 cm³/mol. The lowest BCUT2D eigenvalue weighted by atomic mass is 10.0.